The highest BCUT2D eigenvalue weighted by molar-refractivity contribution is 7.47. The highest BCUT2D eigenvalue weighted by Gasteiger charge is 2.25. The van der Waals surface area contributed by atoms with Crippen LogP contribution in [-0.2, 0) is 27.9 Å². The maximum Gasteiger partial charge on any atom is 0.472 e. The van der Waals surface area contributed by atoms with E-state index in [1.807, 2.05) is 0 Å². The Bertz CT molecular complexity index is 737. The van der Waals surface area contributed by atoms with Crippen molar-refractivity contribution in [3.63, 3.8) is 0 Å². The molecule has 0 radical (unpaired) electrons. The Labute approximate surface area is 290 Å². The van der Waals surface area contributed by atoms with E-state index < -0.39 is 13.9 Å². The quantitative estimate of drug-likeness (QED) is 0.0285. The van der Waals surface area contributed by atoms with E-state index in [1.54, 1.807) is 0 Å². The maximum absolute atomic E-state index is 12.5. The highest BCUT2D eigenvalue weighted by atomic mass is 31.2. The SMILES string of the molecule is CCCCCCCC/C=C\CCCCCCCC(=O)OC(COCCCCCCCCCCCCCCC)COP(=O)(O)OCCN. The average molecular weight is 690 g/mol. The summed E-state index contributed by atoms with van der Waals surface area (Å²) in [5.41, 5.74) is 5.35. The fourth-order valence-electron chi connectivity index (χ4n) is 5.52. The number of allylic oxidation sites excluding steroid dienone is 2. The van der Waals surface area contributed by atoms with Gasteiger partial charge in [0.25, 0.3) is 0 Å². The lowest BCUT2D eigenvalue weighted by Gasteiger charge is -2.20. The van der Waals surface area contributed by atoms with Gasteiger partial charge in [0.15, 0.2) is 0 Å². The summed E-state index contributed by atoms with van der Waals surface area (Å²) < 4.78 is 33.3. The molecule has 3 N–H and O–H groups in total. The van der Waals surface area contributed by atoms with Crippen LogP contribution in [0.4, 0.5) is 0 Å². The van der Waals surface area contributed by atoms with Gasteiger partial charge in [-0.25, -0.2) is 4.57 Å². The molecule has 9 heteroatoms. The molecule has 0 aliphatic heterocycles. The van der Waals surface area contributed by atoms with E-state index in [-0.39, 0.29) is 32.3 Å². The van der Waals surface area contributed by atoms with E-state index >= 15 is 0 Å². The predicted molar refractivity (Wildman–Crippen MR) is 197 cm³/mol. The molecule has 0 saturated heterocycles. The monoisotopic (exact) mass is 690 g/mol. The van der Waals surface area contributed by atoms with Gasteiger partial charge in [-0.1, -0.05) is 154 Å². The molecular formula is C38H76NO7P. The number of phosphoric acid groups is 1. The van der Waals surface area contributed by atoms with Crippen LogP contribution >= 0.6 is 7.82 Å². The number of esters is 1. The van der Waals surface area contributed by atoms with Crippen molar-refractivity contribution in [2.75, 3.05) is 33.0 Å². The van der Waals surface area contributed by atoms with E-state index in [2.05, 4.69) is 26.0 Å². The lowest BCUT2D eigenvalue weighted by atomic mass is 10.0. The largest absolute Gasteiger partial charge is 0.472 e. The lowest BCUT2D eigenvalue weighted by Crippen LogP contribution is -2.28. The van der Waals surface area contributed by atoms with Crippen LogP contribution in [0.15, 0.2) is 12.2 Å². The molecule has 0 aliphatic carbocycles. The van der Waals surface area contributed by atoms with Gasteiger partial charge in [-0.05, 0) is 38.5 Å². The van der Waals surface area contributed by atoms with Crippen LogP contribution in [0.1, 0.15) is 187 Å². The van der Waals surface area contributed by atoms with Gasteiger partial charge in [0.1, 0.15) is 6.10 Å². The number of rotatable bonds is 38. The normalized spacial score (nSPS) is 13.7. The summed E-state index contributed by atoms with van der Waals surface area (Å²) in [6, 6.07) is 0. The zero-order valence-electron chi connectivity index (χ0n) is 30.8. The lowest BCUT2D eigenvalue weighted by molar-refractivity contribution is -0.154. The molecule has 280 valence electrons. The molecule has 0 aromatic heterocycles. The molecule has 0 spiro atoms. The van der Waals surface area contributed by atoms with Gasteiger partial charge in [0.2, 0.25) is 0 Å². The van der Waals surface area contributed by atoms with E-state index in [0.29, 0.717) is 13.0 Å². The first-order chi connectivity index (χ1) is 22.9. The summed E-state index contributed by atoms with van der Waals surface area (Å²) in [5, 5.41) is 0. The van der Waals surface area contributed by atoms with Crippen LogP contribution in [0.3, 0.4) is 0 Å². The summed E-state index contributed by atoms with van der Waals surface area (Å²) in [5.74, 6) is -0.337. The maximum atomic E-state index is 12.5. The molecule has 0 aromatic rings. The smallest absolute Gasteiger partial charge is 0.457 e. The Morgan fingerprint density at radius 2 is 1.06 bits per heavy atom. The van der Waals surface area contributed by atoms with Crippen LogP contribution in [0.2, 0.25) is 0 Å². The van der Waals surface area contributed by atoms with Crippen molar-refractivity contribution in [1.29, 1.82) is 0 Å². The Morgan fingerprint density at radius 3 is 1.55 bits per heavy atom. The zero-order chi connectivity index (χ0) is 34.5. The molecule has 0 amide bonds. The van der Waals surface area contributed by atoms with Crippen molar-refractivity contribution in [3.05, 3.63) is 12.2 Å². The molecule has 0 saturated carbocycles. The number of phosphoric ester groups is 1. The summed E-state index contributed by atoms with van der Waals surface area (Å²) in [6.07, 6.45) is 36.4. The number of ether oxygens (including phenoxy) is 2. The van der Waals surface area contributed by atoms with Crippen molar-refractivity contribution in [2.24, 2.45) is 5.73 Å². The topological polar surface area (TPSA) is 117 Å². The number of hydrogen-bond acceptors (Lipinski definition) is 7. The second kappa shape index (κ2) is 36.5. The van der Waals surface area contributed by atoms with Gasteiger partial charge in [0, 0.05) is 19.6 Å². The van der Waals surface area contributed by atoms with Gasteiger partial charge in [-0.2, -0.15) is 0 Å². The molecule has 2 unspecified atom stereocenters. The molecule has 8 nitrogen and oxygen atoms in total. The Balaban J connectivity index is 4.07. The highest BCUT2D eigenvalue weighted by Crippen LogP contribution is 2.43. The molecule has 2 atom stereocenters. The second-order valence-corrected chi connectivity index (χ2v) is 14.6. The minimum atomic E-state index is -4.27. The molecule has 0 rings (SSSR count). The van der Waals surface area contributed by atoms with E-state index in [9.17, 15) is 14.3 Å². The third-order valence-electron chi connectivity index (χ3n) is 8.43. The molecule has 0 aliphatic rings. The first-order valence-electron chi connectivity index (χ1n) is 19.7. The first-order valence-corrected chi connectivity index (χ1v) is 21.2. The van der Waals surface area contributed by atoms with Gasteiger partial charge in [0.05, 0.1) is 19.8 Å². The van der Waals surface area contributed by atoms with Crippen molar-refractivity contribution < 1.29 is 32.8 Å². The van der Waals surface area contributed by atoms with Crippen LogP contribution in [0.25, 0.3) is 0 Å². The molecule has 0 fully saturated rings. The van der Waals surface area contributed by atoms with Crippen LogP contribution in [0.5, 0.6) is 0 Å². The molecule has 47 heavy (non-hydrogen) atoms. The Morgan fingerprint density at radius 1 is 0.617 bits per heavy atom. The molecule has 0 heterocycles. The fraction of sp³-hybridized carbons (Fsp3) is 0.921. The average Bonchev–Trinajstić information content (AvgIpc) is 3.06. The number of carbonyl (C=O) groups excluding carboxylic acids is 1. The van der Waals surface area contributed by atoms with E-state index in [0.717, 1.165) is 44.9 Å². The summed E-state index contributed by atoms with van der Waals surface area (Å²) >= 11 is 0. The Hall–Kier alpha value is -0.760. The predicted octanol–water partition coefficient (Wildman–Crippen LogP) is 11.1. The molecular weight excluding hydrogens is 613 g/mol. The van der Waals surface area contributed by atoms with Gasteiger partial charge >= 0.3 is 13.8 Å². The summed E-state index contributed by atoms with van der Waals surface area (Å²) in [4.78, 5) is 22.4. The number of carbonyl (C=O) groups is 1. The standard InChI is InChI=1S/C38H76NO7P/c1-3-5-7-9-11-13-15-17-18-19-21-23-25-27-29-31-38(40)46-37(36-45-47(41,42)44-34-32-39)35-43-33-30-28-26-24-22-20-16-14-12-10-8-6-4-2/h17-18,37H,3-16,19-36,39H2,1-2H3,(H,41,42)/b18-17-. The van der Waals surface area contributed by atoms with Crippen molar-refractivity contribution >= 4 is 13.8 Å². The second-order valence-electron chi connectivity index (χ2n) is 13.1. The number of nitrogens with two attached hydrogens (primary N) is 1. The van der Waals surface area contributed by atoms with Crippen LogP contribution in [0, 0.1) is 0 Å². The minimum absolute atomic E-state index is 0.0940. The van der Waals surface area contributed by atoms with Crippen LogP contribution < -0.4 is 5.73 Å². The Kier molecular flexibility index (Phi) is 35.9. The third kappa shape index (κ3) is 36.3. The zero-order valence-corrected chi connectivity index (χ0v) is 31.7. The number of unbranched alkanes of at least 4 members (excludes halogenated alkanes) is 23. The first kappa shape index (κ1) is 46.2. The van der Waals surface area contributed by atoms with Crippen molar-refractivity contribution in [1.82, 2.24) is 0 Å². The van der Waals surface area contributed by atoms with Crippen molar-refractivity contribution in [3.8, 4) is 0 Å². The third-order valence-corrected chi connectivity index (χ3v) is 9.42. The fourth-order valence-corrected chi connectivity index (χ4v) is 6.29. The van der Waals surface area contributed by atoms with Gasteiger partial charge in [-0.15, -0.1) is 0 Å². The van der Waals surface area contributed by atoms with Gasteiger partial charge in [-0.3, -0.25) is 13.8 Å². The van der Waals surface area contributed by atoms with E-state index in [4.69, 9.17) is 24.3 Å². The minimum Gasteiger partial charge on any atom is -0.457 e. The number of hydrogen-bond donors (Lipinski definition) is 2. The summed E-state index contributed by atoms with van der Waals surface area (Å²) in [7, 11) is -4.27. The molecule has 0 aromatic carbocycles. The van der Waals surface area contributed by atoms with Gasteiger partial charge < -0.3 is 20.1 Å². The molecule has 0 bridgehead atoms. The van der Waals surface area contributed by atoms with Crippen LogP contribution in [-0.4, -0.2) is 49.9 Å². The van der Waals surface area contributed by atoms with E-state index in [1.165, 1.54) is 122 Å². The van der Waals surface area contributed by atoms with Crippen molar-refractivity contribution in [2.45, 2.75) is 193 Å². The summed E-state index contributed by atoms with van der Waals surface area (Å²) in [6.45, 7) is 4.93.